The third kappa shape index (κ3) is 1.91. The van der Waals surface area contributed by atoms with Crippen LogP contribution in [0, 0.1) is 0 Å². The molecule has 0 radical (unpaired) electrons. The molecular formula is C10H11Br2N. The topological polar surface area (TPSA) is 3.24 Å². The minimum Gasteiger partial charge on any atom is -0.371 e. The van der Waals surface area contributed by atoms with Gasteiger partial charge >= 0.3 is 0 Å². The van der Waals surface area contributed by atoms with Gasteiger partial charge in [0.25, 0.3) is 0 Å². The summed E-state index contributed by atoms with van der Waals surface area (Å²) in [7, 11) is 0. The van der Waals surface area contributed by atoms with E-state index in [1.165, 1.54) is 30.8 Å². The molecule has 0 spiro atoms. The van der Waals surface area contributed by atoms with Gasteiger partial charge in [0.05, 0.1) is 0 Å². The highest BCUT2D eigenvalue weighted by Gasteiger charge is 2.16. The highest BCUT2D eigenvalue weighted by Crippen LogP contribution is 2.29. The lowest BCUT2D eigenvalue weighted by Gasteiger charge is -2.34. The average molecular weight is 305 g/mol. The third-order valence-electron chi connectivity index (χ3n) is 2.38. The summed E-state index contributed by atoms with van der Waals surface area (Å²) in [4.78, 5) is 2.42. The zero-order chi connectivity index (χ0) is 9.26. The molecule has 0 aliphatic carbocycles. The van der Waals surface area contributed by atoms with Crippen molar-refractivity contribution in [2.45, 2.75) is 11.8 Å². The van der Waals surface area contributed by atoms with Crippen LogP contribution in [0.4, 0.5) is 5.69 Å². The van der Waals surface area contributed by atoms with Crippen molar-refractivity contribution in [3.8, 4) is 0 Å². The fourth-order valence-corrected chi connectivity index (χ4v) is 2.38. The normalized spacial score (nSPS) is 15.7. The van der Waals surface area contributed by atoms with Gasteiger partial charge in [-0.15, -0.1) is 0 Å². The molecule has 1 nitrogen and oxygen atoms in total. The molecule has 1 aromatic rings. The van der Waals surface area contributed by atoms with Crippen LogP contribution < -0.4 is 4.90 Å². The Kier molecular flexibility index (Phi) is 2.94. The van der Waals surface area contributed by atoms with E-state index in [-0.39, 0.29) is 0 Å². The van der Waals surface area contributed by atoms with E-state index < -0.39 is 0 Å². The molecule has 1 heterocycles. The molecule has 1 saturated heterocycles. The van der Waals surface area contributed by atoms with Gasteiger partial charge in [-0.3, -0.25) is 0 Å². The molecule has 0 amide bonds. The van der Waals surface area contributed by atoms with E-state index in [2.05, 4.69) is 55.0 Å². The Bertz CT molecular complexity index is 308. The number of alkyl halides is 1. The van der Waals surface area contributed by atoms with E-state index >= 15 is 0 Å². The average Bonchev–Trinajstić information content (AvgIpc) is 2.05. The predicted molar refractivity (Wildman–Crippen MR) is 63.6 cm³/mol. The molecule has 0 bridgehead atoms. The van der Waals surface area contributed by atoms with Gasteiger partial charge < -0.3 is 4.90 Å². The molecule has 13 heavy (non-hydrogen) atoms. The number of benzene rings is 1. The molecule has 1 aromatic carbocycles. The van der Waals surface area contributed by atoms with Crippen LogP contribution in [-0.4, -0.2) is 13.1 Å². The van der Waals surface area contributed by atoms with Crippen molar-refractivity contribution in [2.24, 2.45) is 0 Å². The molecule has 1 aliphatic heterocycles. The van der Waals surface area contributed by atoms with Crippen molar-refractivity contribution >= 4 is 37.5 Å². The second-order valence-corrected chi connectivity index (χ2v) is 4.72. The molecule has 3 heteroatoms. The molecule has 1 aliphatic rings. The quantitative estimate of drug-likeness (QED) is 0.755. The number of anilines is 1. The molecule has 0 saturated carbocycles. The second kappa shape index (κ2) is 4.01. The van der Waals surface area contributed by atoms with Crippen LogP contribution in [-0.2, 0) is 5.33 Å². The van der Waals surface area contributed by atoms with Gasteiger partial charge in [0.1, 0.15) is 0 Å². The summed E-state index contributed by atoms with van der Waals surface area (Å²) in [6.45, 7) is 2.42. The van der Waals surface area contributed by atoms with Crippen LogP contribution in [0.5, 0.6) is 0 Å². The first kappa shape index (κ1) is 9.53. The smallest absolute Gasteiger partial charge is 0.0408 e. The van der Waals surface area contributed by atoms with Gasteiger partial charge in [-0.1, -0.05) is 31.9 Å². The summed E-state index contributed by atoms with van der Waals surface area (Å²) in [5.41, 5.74) is 2.75. The molecular weight excluding hydrogens is 294 g/mol. The van der Waals surface area contributed by atoms with Gasteiger partial charge in [-0.25, -0.2) is 0 Å². The number of halogens is 2. The Morgan fingerprint density at radius 3 is 2.62 bits per heavy atom. The fraction of sp³-hybridized carbons (Fsp3) is 0.400. The van der Waals surface area contributed by atoms with E-state index in [1.54, 1.807) is 0 Å². The van der Waals surface area contributed by atoms with Crippen LogP contribution in [0.3, 0.4) is 0 Å². The minimum absolute atomic E-state index is 0.929. The van der Waals surface area contributed by atoms with E-state index in [0.29, 0.717) is 0 Å². The van der Waals surface area contributed by atoms with Crippen molar-refractivity contribution in [1.82, 2.24) is 0 Å². The first-order valence-electron chi connectivity index (χ1n) is 4.40. The number of rotatable bonds is 2. The first-order chi connectivity index (χ1) is 6.31. The maximum atomic E-state index is 3.52. The summed E-state index contributed by atoms with van der Waals surface area (Å²) in [5.74, 6) is 0. The maximum Gasteiger partial charge on any atom is 0.0408 e. The minimum atomic E-state index is 0.929. The van der Waals surface area contributed by atoms with Crippen LogP contribution in [0.2, 0.25) is 0 Å². The monoisotopic (exact) mass is 303 g/mol. The zero-order valence-corrected chi connectivity index (χ0v) is 10.4. The lowest BCUT2D eigenvalue weighted by Crippen LogP contribution is -2.37. The SMILES string of the molecule is BrCc1cc(Br)ccc1N1CCC1. The summed E-state index contributed by atoms with van der Waals surface area (Å²) < 4.78 is 1.16. The molecule has 0 unspecified atom stereocenters. The fourth-order valence-electron chi connectivity index (χ4n) is 1.53. The standard InChI is InChI=1S/C10H11Br2N/c11-7-8-6-9(12)2-3-10(8)13-4-1-5-13/h2-3,6H,1,4-5,7H2. The Balaban J connectivity index is 2.32. The molecule has 0 atom stereocenters. The number of hydrogen-bond acceptors (Lipinski definition) is 1. The zero-order valence-electron chi connectivity index (χ0n) is 7.26. The largest absolute Gasteiger partial charge is 0.371 e. The van der Waals surface area contributed by atoms with E-state index in [0.717, 1.165) is 9.80 Å². The Labute approximate surface area is 95.4 Å². The summed E-state index contributed by atoms with van der Waals surface area (Å²) in [6.07, 6.45) is 1.33. The summed E-state index contributed by atoms with van der Waals surface area (Å²) >= 11 is 7.00. The van der Waals surface area contributed by atoms with E-state index in [4.69, 9.17) is 0 Å². The van der Waals surface area contributed by atoms with Crippen molar-refractivity contribution < 1.29 is 0 Å². The molecule has 0 N–H and O–H groups in total. The highest BCUT2D eigenvalue weighted by molar-refractivity contribution is 9.10. The second-order valence-electron chi connectivity index (χ2n) is 3.25. The lowest BCUT2D eigenvalue weighted by atomic mass is 10.1. The molecule has 70 valence electrons. The molecule has 1 fully saturated rings. The summed E-state index contributed by atoms with van der Waals surface area (Å²) in [5, 5.41) is 0.929. The van der Waals surface area contributed by atoms with Crippen molar-refractivity contribution in [2.75, 3.05) is 18.0 Å². The predicted octanol–water partition coefficient (Wildman–Crippen LogP) is 3.55. The Morgan fingerprint density at radius 1 is 1.31 bits per heavy atom. The highest BCUT2D eigenvalue weighted by atomic mass is 79.9. The molecule has 2 rings (SSSR count). The van der Waals surface area contributed by atoms with Crippen LogP contribution in [0.25, 0.3) is 0 Å². The third-order valence-corrected chi connectivity index (χ3v) is 3.48. The van der Waals surface area contributed by atoms with Gasteiger partial charge in [0.2, 0.25) is 0 Å². The van der Waals surface area contributed by atoms with Crippen molar-refractivity contribution in [3.05, 3.63) is 28.2 Å². The Morgan fingerprint density at radius 2 is 2.08 bits per heavy atom. The Hall–Kier alpha value is -0.0200. The van der Waals surface area contributed by atoms with Crippen LogP contribution in [0.15, 0.2) is 22.7 Å². The maximum absolute atomic E-state index is 3.52. The number of nitrogens with zero attached hydrogens (tertiary/aromatic N) is 1. The van der Waals surface area contributed by atoms with Gasteiger partial charge in [-0.2, -0.15) is 0 Å². The first-order valence-corrected chi connectivity index (χ1v) is 6.32. The van der Waals surface area contributed by atoms with Crippen LogP contribution >= 0.6 is 31.9 Å². The number of hydrogen-bond donors (Lipinski definition) is 0. The van der Waals surface area contributed by atoms with Gasteiger partial charge in [-0.05, 0) is 30.2 Å². The van der Waals surface area contributed by atoms with Gasteiger partial charge in [0.15, 0.2) is 0 Å². The van der Waals surface area contributed by atoms with Gasteiger partial charge in [0, 0.05) is 28.6 Å². The van der Waals surface area contributed by atoms with Crippen LogP contribution in [0.1, 0.15) is 12.0 Å². The van der Waals surface area contributed by atoms with Crippen molar-refractivity contribution in [3.63, 3.8) is 0 Å². The summed E-state index contributed by atoms with van der Waals surface area (Å²) in [6, 6.07) is 6.49. The van der Waals surface area contributed by atoms with E-state index in [9.17, 15) is 0 Å². The molecule has 0 aromatic heterocycles. The van der Waals surface area contributed by atoms with E-state index in [1.807, 2.05) is 0 Å². The van der Waals surface area contributed by atoms with Crippen molar-refractivity contribution in [1.29, 1.82) is 0 Å². The lowest BCUT2D eigenvalue weighted by molar-refractivity contribution is 0.616.